The van der Waals surface area contributed by atoms with Gasteiger partial charge in [-0.25, -0.2) is 24.3 Å². The molecule has 2 aromatic rings. The molecule has 2 aromatic carbocycles. The first-order valence-corrected chi connectivity index (χ1v) is 7.96. The van der Waals surface area contributed by atoms with E-state index < -0.39 is 0 Å². The van der Waals surface area contributed by atoms with Gasteiger partial charge in [-0.1, -0.05) is 12.1 Å². The minimum atomic E-state index is 0. The molecule has 0 unspecified atom stereocenters. The molecule has 124 valence electrons. The zero-order chi connectivity index (χ0) is 17.3. The normalized spacial score (nSPS) is 11.8. The quantitative estimate of drug-likeness (QED) is 0.450. The van der Waals surface area contributed by atoms with Crippen molar-refractivity contribution < 1.29 is 26.2 Å². The third-order valence-corrected chi connectivity index (χ3v) is 2.86. The average Bonchev–Trinajstić information content (AvgIpc) is 3.36. The summed E-state index contributed by atoms with van der Waals surface area (Å²) in [5.41, 5.74) is 2.14. The van der Waals surface area contributed by atoms with Gasteiger partial charge in [0.2, 0.25) is 0 Å². The molecule has 0 saturated carbocycles. The second kappa shape index (κ2) is 16.9. The van der Waals surface area contributed by atoms with Gasteiger partial charge >= 0.3 is 26.2 Å². The van der Waals surface area contributed by atoms with Gasteiger partial charge in [0, 0.05) is 0 Å². The van der Waals surface area contributed by atoms with Crippen LogP contribution in [0.5, 0.6) is 0 Å². The van der Waals surface area contributed by atoms with Gasteiger partial charge in [0.1, 0.15) is 0 Å². The van der Waals surface area contributed by atoms with Crippen molar-refractivity contribution in [2.45, 2.75) is 12.8 Å². The van der Waals surface area contributed by atoms with Crippen LogP contribution in [0.4, 0.5) is 0 Å². The fourth-order valence-corrected chi connectivity index (χ4v) is 1.64. The molecule has 2 aliphatic rings. The van der Waals surface area contributed by atoms with Crippen molar-refractivity contribution in [2.24, 2.45) is 0 Å². The smallest absolute Gasteiger partial charge is 0.273 e. The van der Waals surface area contributed by atoms with Gasteiger partial charge in [-0.05, 0) is 0 Å². The second-order valence-corrected chi connectivity index (χ2v) is 4.98. The average molecular weight is 404 g/mol. The fraction of sp³-hybridized carbons (Fsp3) is 0.0833. The molecule has 0 radical (unpaired) electrons. The van der Waals surface area contributed by atoms with Crippen molar-refractivity contribution in [1.82, 2.24) is 0 Å². The van der Waals surface area contributed by atoms with Crippen molar-refractivity contribution in [3.8, 4) is 0 Å². The maximum absolute atomic E-state index is 3.72. The Morgan fingerprint density at radius 3 is 1.08 bits per heavy atom. The van der Waals surface area contributed by atoms with E-state index in [1.165, 1.54) is 0 Å². The molecule has 0 fully saturated rings. The Bertz CT molecular complexity index is 555. The van der Waals surface area contributed by atoms with E-state index in [1.807, 2.05) is 85.0 Å². The molecule has 0 atom stereocenters. The van der Waals surface area contributed by atoms with Crippen LogP contribution in [0.25, 0.3) is 0 Å². The molecule has 0 bridgehead atoms. The predicted molar refractivity (Wildman–Crippen MR) is 105 cm³/mol. The van der Waals surface area contributed by atoms with Crippen LogP contribution in [0.2, 0.25) is 0 Å². The summed E-state index contributed by atoms with van der Waals surface area (Å²) in [7, 11) is 0. The number of hydrogen-bond donors (Lipinski definition) is 0. The van der Waals surface area contributed by atoms with Crippen LogP contribution in [0, 0.1) is 26.0 Å². The maximum Gasteiger partial charge on any atom is 4.00 e. The Kier molecular flexibility index (Phi) is 15.5. The zero-order valence-corrected chi connectivity index (χ0v) is 17.0. The molecule has 0 aromatic heterocycles. The van der Waals surface area contributed by atoms with E-state index in [0.29, 0.717) is 0 Å². The summed E-state index contributed by atoms with van der Waals surface area (Å²) in [6.45, 7) is 7.44. The van der Waals surface area contributed by atoms with Crippen LogP contribution in [-0.4, -0.2) is 0 Å². The maximum atomic E-state index is 3.72. The van der Waals surface area contributed by atoms with E-state index in [9.17, 15) is 0 Å². The number of allylic oxidation sites excluding steroid dienone is 8. The molecule has 0 heterocycles. The Morgan fingerprint density at radius 1 is 0.600 bits per heavy atom. The summed E-state index contributed by atoms with van der Waals surface area (Å²) in [4.78, 5) is 0. The Hall–Kier alpha value is -1.98. The zero-order valence-electron chi connectivity index (χ0n) is 14.6. The van der Waals surface area contributed by atoms with E-state index in [-0.39, 0.29) is 26.2 Å². The first-order chi connectivity index (χ1) is 11.8. The van der Waals surface area contributed by atoms with Crippen molar-refractivity contribution in [2.75, 3.05) is 0 Å². The molecule has 0 nitrogen and oxygen atoms in total. The van der Waals surface area contributed by atoms with Crippen LogP contribution in [0.15, 0.2) is 97.1 Å². The summed E-state index contributed by atoms with van der Waals surface area (Å²) in [6.07, 6.45) is 20.0. The van der Waals surface area contributed by atoms with E-state index in [2.05, 4.69) is 38.2 Å². The van der Waals surface area contributed by atoms with Crippen LogP contribution in [0.3, 0.4) is 0 Å². The topological polar surface area (TPSA) is 0 Å². The second-order valence-electron chi connectivity index (χ2n) is 4.98. The van der Waals surface area contributed by atoms with E-state index in [0.717, 1.165) is 24.0 Å². The van der Waals surface area contributed by atoms with Gasteiger partial charge in [-0.3, -0.25) is 12.2 Å². The van der Waals surface area contributed by atoms with Crippen molar-refractivity contribution in [3.05, 3.63) is 134 Å². The summed E-state index contributed by atoms with van der Waals surface area (Å²) in [6, 6.07) is 19.7. The third-order valence-electron chi connectivity index (χ3n) is 2.86. The summed E-state index contributed by atoms with van der Waals surface area (Å²) >= 11 is 0. The van der Waals surface area contributed by atoms with Gasteiger partial charge in [-0.2, -0.15) is 61.4 Å². The molecule has 4 rings (SSSR count). The standard InChI is InChI=1S/2C7H7.2C5H5.Zr/c2*1-7-5-3-2-4-6-7;2*1-2-4-5-3-1;/h2*2-6H,1H2;2*1-3H,4H2;/q4*-1;+4. The number of rotatable bonds is 0. The first kappa shape index (κ1) is 23.0. The molecule has 25 heavy (non-hydrogen) atoms. The van der Waals surface area contributed by atoms with Crippen LogP contribution in [-0.2, 0) is 26.2 Å². The largest absolute Gasteiger partial charge is 4.00 e. The monoisotopic (exact) mass is 402 g/mol. The molecule has 1 heteroatoms. The van der Waals surface area contributed by atoms with Crippen molar-refractivity contribution in [1.29, 1.82) is 0 Å². The van der Waals surface area contributed by atoms with Crippen molar-refractivity contribution >= 4 is 0 Å². The summed E-state index contributed by atoms with van der Waals surface area (Å²) in [5, 5.41) is 0. The fourth-order valence-electron chi connectivity index (χ4n) is 1.64. The number of hydrogen-bond acceptors (Lipinski definition) is 0. The molecular weight excluding hydrogens is 379 g/mol. The minimum Gasteiger partial charge on any atom is -0.273 e. The molecule has 0 N–H and O–H groups in total. The minimum absolute atomic E-state index is 0. The molecule has 0 spiro atoms. The van der Waals surface area contributed by atoms with Crippen molar-refractivity contribution in [3.63, 3.8) is 0 Å². The Balaban J connectivity index is 0.000000307. The van der Waals surface area contributed by atoms with Gasteiger partial charge in [-0.15, -0.1) is 37.1 Å². The van der Waals surface area contributed by atoms with Crippen LogP contribution in [0.1, 0.15) is 24.0 Å². The van der Waals surface area contributed by atoms with E-state index >= 15 is 0 Å². The molecule has 2 aliphatic carbocycles. The molecule has 0 amide bonds. The summed E-state index contributed by atoms with van der Waals surface area (Å²) in [5.74, 6) is 0. The van der Waals surface area contributed by atoms with Crippen LogP contribution < -0.4 is 0 Å². The third kappa shape index (κ3) is 15.3. The predicted octanol–water partition coefficient (Wildman–Crippen LogP) is 6.35. The summed E-state index contributed by atoms with van der Waals surface area (Å²) < 4.78 is 0. The van der Waals surface area contributed by atoms with Gasteiger partial charge in [0.15, 0.2) is 0 Å². The van der Waals surface area contributed by atoms with Gasteiger partial charge in [0.05, 0.1) is 0 Å². The van der Waals surface area contributed by atoms with E-state index in [4.69, 9.17) is 0 Å². The van der Waals surface area contributed by atoms with Gasteiger partial charge in [0.25, 0.3) is 0 Å². The van der Waals surface area contributed by atoms with Crippen LogP contribution >= 0.6 is 0 Å². The molecule has 0 aliphatic heterocycles. The number of benzene rings is 2. The molecular formula is C24H24Zr. The molecule has 0 saturated heterocycles. The van der Waals surface area contributed by atoms with Gasteiger partial charge < -0.3 is 0 Å². The first-order valence-electron chi connectivity index (χ1n) is 7.96. The van der Waals surface area contributed by atoms with E-state index in [1.54, 1.807) is 0 Å². The Labute approximate surface area is 172 Å². The SMILES string of the molecule is [C-]1=CC=CC1.[C-]1=CC=CC1.[CH2-]c1ccccc1.[CH2-]c1ccccc1.[Zr+4]. The Morgan fingerprint density at radius 2 is 0.960 bits per heavy atom.